The summed E-state index contributed by atoms with van der Waals surface area (Å²) in [6.45, 7) is 2.73. The molecule has 0 aliphatic rings. The van der Waals surface area contributed by atoms with E-state index < -0.39 is 0 Å². The zero-order valence-electron chi connectivity index (χ0n) is 16.8. The fourth-order valence-corrected chi connectivity index (χ4v) is 3.32. The highest BCUT2D eigenvalue weighted by molar-refractivity contribution is 5.94. The van der Waals surface area contributed by atoms with Crippen LogP contribution in [0, 0.1) is 5.82 Å². The fraction of sp³-hybridized carbons (Fsp3) is 0.208. The standard InChI is InChI=1S/C24H23FN4O/c1-2-3-7-14-26-24(30)22-15-20(18-10-12-19(25)13-11-18)27-23-16-21(28-29(22)23)17-8-5-4-6-9-17/h4-6,8-13,15-16H,2-3,7,14H2,1H3,(H,26,30). The first-order chi connectivity index (χ1) is 14.7. The highest BCUT2D eigenvalue weighted by atomic mass is 19.1. The minimum atomic E-state index is -0.315. The molecule has 0 aliphatic heterocycles. The van der Waals surface area contributed by atoms with Gasteiger partial charge in [-0.25, -0.2) is 13.9 Å². The molecular formula is C24H23FN4O. The van der Waals surface area contributed by atoms with Crippen LogP contribution in [0.5, 0.6) is 0 Å². The quantitative estimate of drug-likeness (QED) is 0.436. The van der Waals surface area contributed by atoms with Crippen LogP contribution in [-0.2, 0) is 0 Å². The number of aromatic nitrogens is 3. The summed E-state index contributed by atoms with van der Waals surface area (Å²) in [6, 6.07) is 19.4. The van der Waals surface area contributed by atoms with Crippen molar-refractivity contribution in [3.8, 4) is 22.5 Å². The average molecular weight is 402 g/mol. The number of rotatable bonds is 7. The molecule has 0 bridgehead atoms. The monoisotopic (exact) mass is 402 g/mol. The number of hydrogen-bond donors (Lipinski definition) is 1. The lowest BCUT2D eigenvalue weighted by molar-refractivity contribution is 0.0945. The third kappa shape index (κ3) is 4.22. The summed E-state index contributed by atoms with van der Waals surface area (Å²) < 4.78 is 14.9. The van der Waals surface area contributed by atoms with E-state index in [9.17, 15) is 9.18 Å². The zero-order valence-corrected chi connectivity index (χ0v) is 16.8. The second-order valence-corrected chi connectivity index (χ2v) is 7.16. The van der Waals surface area contributed by atoms with E-state index in [0.717, 1.165) is 36.1 Å². The van der Waals surface area contributed by atoms with Crippen molar-refractivity contribution in [2.24, 2.45) is 0 Å². The Labute approximate surface area is 174 Å². The Kier molecular flexibility index (Phi) is 5.84. The molecule has 6 heteroatoms. The maximum atomic E-state index is 13.4. The number of amides is 1. The van der Waals surface area contributed by atoms with E-state index in [0.29, 0.717) is 23.6 Å². The van der Waals surface area contributed by atoms with Crippen LogP contribution in [0.3, 0.4) is 0 Å². The number of unbranched alkanes of at least 4 members (excludes halogenated alkanes) is 2. The number of nitrogens with zero attached hydrogens (tertiary/aromatic N) is 3. The van der Waals surface area contributed by atoms with E-state index >= 15 is 0 Å². The molecule has 0 saturated carbocycles. The van der Waals surface area contributed by atoms with E-state index in [1.54, 1.807) is 22.7 Å². The fourth-order valence-electron chi connectivity index (χ4n) is 3.32. The Balaban J connectivity index is 1.78. The molecule has 0 saturated heterocycles. The molecule has 0 aliphatic carbocycles. The topological polar surface area (TPSA) is 59.3 Å². The van der Waals surface area contributed by atoms with Crippen molar-refractivity contribution in [3.63, 3.8) is 0 Å². The molecule has 0 fully saturated rings. The van der Waals surface area contributed by atoms with Gasteiger partial charge in [-0.2, -0.15) is 5.10 Å². The van der Waals surface area contributed by atoms with Gasteiger partial charge in [-0.1, -0.05) is 50.1 Å². The molecule has 1 N–H and O–H groups in total. The van der Waals surface area contributed by atoms with Gasteiger partial charge < -0.3 is 5.32 Å². The smallest absolute Gasteiger partial charge is 0.270 e. The van der Waals surface area contributed by atoms with Gasteiger partial charge in [0.05, 0.1) is 11.4 Å². The van der Waals surface area contributed by atoms with Crippen LogP contribution in [0.25, 0.3) is 28.2 Å². The van der Waals surface area contributed by atoms with Gasteiger partial charge in [-0.3, -0.25) is 4.79 Å². The summed E-state index contributed by atoms with van der Waals surface area (Å²) in [5, 5.41) is 7.61. The number of benzene rings is 2. The van der Waals surface area contributed by atoms with Crippen molar-refractivity contribution in [3.05, 3.63) is 78.2 Å². The first kappa shape index (κ1) is 19.8. The highest BCUT2D eigenvalue weighted by Gasteiger charge is 2.17. The molecule has 2 aromatic carbocycles. The van der Waals surface area contributed by atoms with Crippen LogP contribution >= 0.6 is 0 Å². The van der Waals surface area contributed by atoms with E-state index in [1.807, 2.05) is 36.4 Å². The number of carbonyl (C=O) groups excluding carboxylic acids is 1. The SMILES string of the molecule is CCCCCNC(=O)c1cc(-c2ccc(F)cc2)nc2cc(-c3ccccc3)nn12. The molecule has 2 heterocycles. The minimum absolute atomic E-state index is 0.204. The van der Waals surface area contributed by atoms with Gasteiger partial charge in [0.15, 0.2) is 5.65 Å². The Morgan fingerprint density at radius 1 is 0.967 bits per heavy atom. The largest absolute Gasteiger partial charge is 0.351 e. The average Bonchev–Trinajstić information content (AvgIpc) is 3.21. The van der Waals surface area contributed by atoms with Crippen molar-refractivity contribution >= 4 is 11.6 Å². The predicted molar refractivity (Wildman–Crippen MR) is 116 cm³/mol. The van der Waals surface area contributed by atoms with Crippen molar-refractivity contribution in [1.82, 2.24) is 19.9 Å². The Bertz CT molecular complexity index is 1150. The van der Waals surface area contributed by atoms with Crippen LogP contribution in [0.15, 0.2) is 66.7 Å². The molecule has 4 rings (SSSR count). The third-order valence-electron chi connectivity index (χ3n) is 4.94. The summed E-state index contributed by atoms with van der Waals surface area (Å²) >= 11 is 0. The maximum Gasteiger partial charge on any atom is 0.270 e. The van der Waals surface area contributed by atoms with Crippen LogP contribution < -0.4 is 5.32 Å². The van der Waals surface area contributed by atoms with Crippen molar-refractivity contribution in [2.45, 2.75) is 26.2 Å². The van der Waals surface area contributed by atoms with E-state index in [4.69, 9.17) is 0 Å². The Morgan fingerprint density at radius 3 is 2.43 bits per heavy atom. The lowest BCUT2D eigenvalue weighted by atomic mass is 10.1. The number of carbonyl (C=O) groups is 1. The van der Waals surface area contributed by atoms with Crippen molar-refractivity contribution in [2.75, 3.05) is 6.54 Å². The van der Waals surface area contributed by atoms with Crippen LogP contribution in [0.1, 0.15) is 36.7 Å². The van der Waals surface area contributed by atoms with Gasteiger partial charge in [0.2, 0.25) is 0 Å². The van der Waals surface area contributed by atoms with Crippen LogP contribution in [-0.4, -0.2) is 27.0 Å². The van der Waals surface area contributed by atoms with E-state index in [2.05, 4.69) is 22.3 Å². The Hall–Kier alpha value is -3.54. The maximum absolute atomic E-state index is 13.4. The molecule has 152 valence electrons. The first-order valence-corrected chi connectivity index (χ1v) is 10.2. The molecule has 2 aromatic heterocycles. The summed E-state index contributed by atoms with van der Waals surface area (Å²) in [7, 11) is 0. The molecule has 0 spiro atoms. The number of nitrogens with one attached hydrogen (secondary N) is 1. The second-order valence-electron chi connectivity index (χ2n) is 7.16. The molecule has 30 heavy (non-hydrogen) atoms. The van der Waals surface area contributed by atoms with Gasteiger partial charge in [0.1, 0.15) is 11.5 Å². The van der Waals surface area contributed by atoms with Crippen LogP contribution in [0.2, 0.25) is 0 Å². The van der Waals surface area contributed by atoms with Gasteiger partial charge in [0, 0.05) is 23.7 Å². The van der Waals surface area contributed by atoms with Crippen LogP contribution in [0.4, 0.5) is 4.39 Å². The Morgan fingerprint density at radius 2 is 1.70 bits per heavy atom. The number of hydrogen-bond acceptors (Lipinski definition) is 3. The van der Waals surface area contributed by atoms with E-state index in [-0.39, 0.29) is 11.7 Å². The molecule has 0 atom stereocenters. The number of fused-ring (bicyclic) bond motifs is 1. The van der Waals surface area contributed by atoms with Crippen molar-refractivity contribution in [1.29, 1.82) is 0 Å². The van der Waals surface area contributed by atoms with Crippen molar-refractivity contribution < 1.29 is 9.18 Å². The van der Waals surface area contributed by atoms with Gasteiger partial charge in [-0.15, -0.1) is 0 Å². The van der Waals surface area contributed by atoms with Gasteiger partial charge in [-0.05, 0) is 36.8 Å². The van der Waals surface area contributed by atoms with Gasteiger partial charge >= 0.3 is 0 Å². The molecule has 0 radical (unpaired) electrons. The zero-order chi connectivity index (χ0) is 20.9. The number of halogens is 1. The lowest BCUT2D eigenvalue weighted by Gasteiger charge is -2.09. The summed E-state index contributed by atoms with van der Waals surface area (Å²) in [5.74, 6) is -0.519. The first-order valence-electron chi connectivity index (χ1n) is 10.2. The summed E-state index contributed by atoms with van der Waals surface area (Å²) in [5.41, 5.74) is 3.98. The lowest BCUT2D eigenvalue weighted by Crippen LogP contribution is -2.27. The normalized spacial score (nSPS) is 11.0. The highest BCUT2D eigenvalue weighted by Crippen LogP contribution is 2.24. The molecule has 5 nitrogen and oxygen atoms in total. The molecule has 0 unspecified atom stereocenters. The summed E-state index contributed by atoms with van der Waals surface area (Å²) in [4.78, 5) is 17.6. The predicted octanol–water partition coefficient (Wildman–Crippen LogP) is 5.12. The second kappa shape index (κ2) is 8.86. The third-order valence-corrected chi connectivity index (χ3v) is 4.94. The molecular weight excluding hydrogens is 379 g/mol. The van der Waals surface area contributed by atoms with Gasteiger partial charge in [0.25, 0.3) is 5.91 Å². The minimum Gasteiger partial charge on any atom is -0.351 e. The summed E-state index contributed by atoms with van der Waals surface area (Å²) in [6.07, 6.45) is 3.08. The molecule has 1 amide bonds. The molecule has 4 aromatic rings. The van der Waals surface area contributed by atoms with E-state index in [1.165, 1.54) is 12.1 Å².